The van der Waals surface area contributed by atoms with Gasteiger partial charge in [-0.1, -0.05) is 31.6 Å². The van der Waals surface area contributed by atoms with Crippen molar-refractivity contribution in [2.75, 3.05) is 16.2 Å². The molecular formula is C23H31F3N6O4S2. The molecule has 0 saturated heterocycles. The first kappa shape index (κ1) is 29.7. The van der Waals surface area contributed by atoms with Crippen LogP contribution < -0.4 is 9.62 Å². The third-order valence-corrected chi connectivity index (χ3v) is 7.58. The maximum atomic E-state index is 13.2. The van der Waals surface area contributed by atoms with Crippen molar-refractivity contribution in [3.63, 3.8) is 0 Å². The highest BCUT2D eigenvalue weighted by Crippen LogP contribution is 2.41. The van der Waals surface area contributed by atoms with Gasteiger partial charge in [0.1, 0.15) is 11.3 Å². The normalized spacial score (nSPS) is 16.5. The highest BCUT2D eigenvalue weighted by atomic mass is 32.2. The maximum absolute atomic E-state index is 13.2. The van der Waals surface area contributed by atoms with Crippen molar-refractivity contribution in [2.45, 2.75) is 83.9 Å². The van der Waals surface area contributed by atoms with E-state index in [4.69, 9.17) is 4.74 Å². The van der Waals surface area contributed by atoms with Crippen LogP contribution in [0.15, 0.2) is 22.4 Å². The molecule has 0 amide bonds. The molecule has 1 atom stereocenters. The lowest BCUT2D eigenvalue weighted by atomic mass is 9.93. The van der Waals surface area contributed by atoms with Gasteiger partial charge in [0, 0.05) is 18.3 Å². The van der Waals surface area contributed by atoms with E-state index in [1.807, 2.05) is 13.8 Å². The van der Waals surface area contributed by atoms with E-state index in [9.17, 15) is 26.4 Å². The molecule has 3 rings (SSSR count). The van der Waals surface area contributed by atoms with E-state index in [1.54, 1.807) is 25.5 Å². The minimum Gasteiger partial charge on any atom is -0.455 e. The molecule has 0 fully saturated rings. The fourth-order valence-corrected chi connectivity index (χ4v) is 5.05. The van der Waals surface area contributed by atoms with Crippen LogP contribution in [-0.4, -0.2) is 48.3 Å². The average Bonchev–Trinajstić information content (AvgIpc) is 3.28. The number of fused-ring (bicyclic) bond motifs is 1. The van der Waals surface area contributed by atoms with Crippen molar-refractivity contribution in [1.82, 2.24) is 10.2 Å². The average molecular weight is 577 g/mol. The molecule has 0 saturated carbocycles. The SMILES string of the molecule is CCCCN1c2cc(NS(=O)(=O)C(F)(F)F)c(N=Nc3nnc(C(=O)OC(C)(C)C)s3)cc2CCC1CC. The summed E-state index contributed by atoms with van der Waals surface area (Å²) in [5.41, 5.74) is -5.26. The highest BCUT2D eigenvalue weighted by Gasteiger charge is 2.46. The molecule has 0 spiro atoms. The summed E-state index contributed by atoms with van der Waals surface area (Å²) < 4.78 is 70.5. The summed E-state index contributed by atoms with van der Waals surface area (Å²) in [5, 5.41) is 15.3. The number of aryl methyl sites for hydroxylation is 1. The Kier molecular flexibility index (Phi) is 9.01. The summed E-state index contributed by atoms with van der Waals surface area (Å²) in [4.78, 5) is 14.3. The minimum atomic E-state index is -5.72. The van der Waals surface area contributed by atoms with Gasteiger partial charge in [0.05, 0.1) is 5.69 Å². The van der Waals surface area contributed by atoms with Crippen LogP contribution in [0.5, 0.6) is 0 Å². The topological polar surface area (TPSA) is 126 Å². The number of aromatic nitrogens is 2. The van der Waals surface area contributed by atoms with Gasteiger partial charge in [0.25, 0.3) is 5.13 Å². The number of nitrogens with zero attached hydrogens (tertiary/aromatic N) is 5. The Labute approximate surface area is 223 Å². The van der Waals surface area contributed by atoms with E-state index in [-0.39, 0.29) is 27.6 Å². The number of hydrogen-bond acceptors (Lipinski definition) is 10. The van der Waals surface area contributed by atoms with Gasteiger partial charge in [-0.2, -0.15) is 21.6 Å². The molecule has 210 valence electrons. The minimum absolute atomic E-state index is 0.0520. The number of carbonyl (C=O) groups excluding carboxylic acids is 1. The number of benzene rings is 1. The van der Waals surface area contributed by atoms with E-state index < -0.39 is 27.1 Å². The van der Waals surface area contributed by atoms with E-state index in [0.717, 1.165) is 42.6 Å². The summed E-state index contributed by atoms with van der Waals surface area (Å²) in [6, 6.07) is 3.10. The van der Waals surface area contributed by atoms with Gasteiger partial charge in [-0.15, -0.1) is 20.4 Å². The Hall–Kier alpha value is -2.81. The van der Waals surface area contributed by atoms with Crippen LogP contribution >= 0.6 is 11.3 Å². The van der Waals surface area contributed by atoms with E-state index in [1.165, 1.54) is 12.1 Å². The van der Waals surface area contributed by atoms with Crippen LogP contribution in [0.1, 0.15) is 75.7 Å². The number of sulfonamides is 1. The van der Waals surface area contributed by atoms with Gasteiger partial charge in [-0.25, -0.2) is 4.79 Å². The molecule has 15 heteroatoms. The third-order valence-electron chi connectivity index (χ3n) is 5.70. The molecule has 1 aliphatic rings. The Morgan fingerprint density at radius 2 is 1.92 bits per heavy atom. The van der Waals surface area contributed by atoms with Crippen molar-refractivity contribution < 1.29 is 31.1 Å². The number of hydrogen-bond donors (Lipinski definition) is 1. The first-order chi connectivity index (χ1) is 17.6. The molecule has 1 aliphatic heterocycles. The van der Waals surface area contributed by atoms with Gasteiger partial charge in [-0.3, -0.25) is 4.72 Å². The Bertz CT molecular complexity index is 1290. The quantitative estimate of drug-likeness (QED) is 0.267. The molecular weight excluding hydrogens is 545 g/mol. The summed E-state index contributed by atoms with van der Waals surface area (Å²) in [7, 11) is -5.72. The second-order valence-electron chi connectivity index (χ2n) is 9.79. The number of rotatable bonds is 9. The molecule has 1 aromatic carbocycles. The largest absolute Gasteiger partial charge is 0.516 e. The Morgan fingerprint density at radius 3 is 2.53 bits per heavy atom. The fraction of sp³-hybridized carbons (Fsp3) is 0.609. The molecule has 0 radical (unpaired) electrons. The lowest BCUT2D eigenvalue weighted by Crippen LogP contribution is -2.39. The number of alkyl halides is 3. The van der Waals surface area contributed by atoms with Gasteiger partial charge < -0.3 is 9.64 Å². The van der Waals surface area contributed by atoms with Crippen molar-refractivity contribution in [2.24, 2.45) is 10.2 Å². The third kappa shape index (κ3) is 7.18. The van der Waals surface area contributed by atoms with Gasteiger partial charge in [0.2, 0.25) is 5.01 Å². The zero-order chi connectivity index (χ0) is 28.3. The van der Waals surface area contributed by atoms with Gasteiger partial charge >= 0.3 is 21.5 Å². The summed E-state index contributed by atoms with van der Waals surface area (Å²) in [6.45, 7) is 9.85. The Balaban J connectivity index is 2.02. The summed E-state index contributed by atoms with van der Waals surface area (Å²) in [5.74, 6) is -0.707. The van der Waals surface area contributed by atoms with Crippen molar-refractivity contribution in [3.05, 3.63) is 22.7 Å². The zero-order valence-electron chi connectivity index (χ0n) is 21.8. The first-order valence-corrected chi connectivity index (χ1v) is 14.5. The number of carbonyl (C=O) groups is 1. The first-order valence-electron chi connectivity index (χ1n) is 12.2. The monoisotopic (exact) mass is 576 g/mol. The van der Waals surface area contributed by atoms with Crippen LogP contribution in [0.4, 0.5) is 35.4 Å². The number of unbranched alkanes of at least 4 members (excludes halogenated alkanes) is 1. The van der Waals surface area contributed by atoms with Crippen LogP contribution in [0.2, 0.25) is 0 Å². The highest BCUT2D eigenvalue weighted by molar-refractivity contribution is 7.93. The molecule has 0 aliphatic carbocycles. The molecule has 2 aromatic rings. The lowest BCUT2D eigenvalue weighted by Gasteiger charge is -2.39. The fourth-order valence-electron chi connectivity index (χ4n) is 3.94. The van der Waals surface area contributed by atoms with Gasteiger partial charge in [0.15, 0.2) is 0 Å². The van der Waals surface area contributed by atoms with Crippen molar-refractivity contribution in [3.8, 4) is 0 Å². The van der Waals surface area contributed by atoms with Crippen molar-refractivity contribution >= 4 is 49.5 Å². The molecule has 2 heterocycles. The molecule has 0 bridgehead atoms. The molecule has 1 unspecified atom stereocenters. The van der Waals surface area contributed by atoms with Crippen molar-refractivity contribution in [1.29, 1.82) is 0 Å². The molecule has 1 aromatic heterocycles. The molecule has 38 heavy (non-hydrogen) atoms. The molecule has 1 N–H and O–H groups in total. The van der Waals surface area contributed by atoms with Crippen LogP contribution in [0.3, 0.4) is 0 Å². The number of azo groups is 1. The Morgan fingerprint density at radius 1 is 1.21 bits per heavy atom. The number of halogens is 3. The number of ether oxygens (including phenoxy) is 1. The van der Waals surface area contributed by atoms with E-state index >= 15 is 0 Å². The second kappa shape index (κ2) is 11.5. The van der Waals surface area contributed by atoms with E-state index in [0.29, 0.717) is 18.7 Å². The summed E-state index contributed by atoms with van der Waals surface area (Å²) in [6.07, 6.45) is 4.12. The number of anilines is 2. The van der Waals surface area contributed by atoms with Crippen LogP contribution in [0, 0.1) is 0 Å². The van der Waals surface area contributed by atoms with E-state index in [2.05, 4.69) is 25.3 Å². The smallest absolute Gasteiger partial charge is 0.455 e. The van der Waals surface area contributed by atoms with Crippen LogP contribution in [-0.2, 0) is 21.2 Å². The predicted octanol–water partition coefficient (Wildman–Crippen LogP) is 6.50. The zero-order valence-corrected chi connectivity index (χ0v) is 23.4. The number of nitrogens with one attached hydrogen (secondary N) is 1. The van der Waals surface area contributed by atoms with Crippen LogP contribution in [0.25, 0.3) is 0 Å². The maximum Gasteiger partial charge on any atom is 0.516 e. The van der Waals surface area contributed by atoms with Gasteiger partial charge in [-0.05, 0) is 64.2 Å². The molecule has 10 nitrogen and oxygen atoms in total. The number of esters is 1. The second-order valence-corrected chi connectivity index (χ2v) is 12.4. The lowest BCUT2D eigenvalue weighted by molar-refractivity contribution is -0.0429. The summed E-state index contributed by atoms with van der Waals surface area (Å²) >= 11 is 0.782. The predicted molar refractivity (Wildman–Crippen MR) is 139 cm³/mol. The standard InChI is InChI=1S/C23H31F3N6O4S2/c1-6-8-11-32-15(7-2)10-9-14-12-16(17(13-18(14)32)31-38(34,35)23(24,25)26)27-29-21-30-28-19(37-21)20(33)36-22(3,4)5/h12-13,15,31H,6-11H2,1-5H3.